The van der Waals surface area contributed by atoms with Gasteiger partial charge in [0, 0.05) is 6.04 Å². The van der Waals surface area contributed by atoms with Gasteiger partial charge in [-0.05, 0) is 25.5 Å². The fraction of sp³-hybridized carbons (Fsp3) is 0.500. The number of aromatic amines is 1. The Balaban J connectivity index is 2.25. The zero-order valence-electron chi connectivity index (χ0n) is 9.40. The molecule has 2 aromatic rings. The summed E-state index contributed by atoms with van der Waals surface area (Å²) in [4.78, 5) is 11.3. The zero-order chi connectivity index (χ0) is 11.5. The largest absolute Gasteiger partial charge is 0.366 e. The van der Waals surface area contributed by atoms with Gasteiger partial charge in [-0.3, -0.25) is 0 Å². The summed E-state index contributed by atoms with van der Waals surface area (Å²) in [6.45, 7) is 4.23. The van der Waals surface area contributed by atoms with Crippen LogP contribution in [0.2, 0.25) is 0 Å². The van der Waals surface area contributed by atoms with Crippen LogP contribution in [0.3, 0.4) is 0 Å². The van der Waals surface area contributed by atoms with Crippen molar-refractivity contribution in [1.29, 1.82) is 0 Å². The Morgan fingerprint density at radius 3 is 3.12 bits per heavy atom. The third-order valence-electron chi connectivity index (χ3n) is 2.39. The van der Waals surface area contributed by atoms with Crippen LogP contribution in [-0.4, -0.2) is 25.9 Å². The van der Waals surface area contributed by atoms with Crippen LogP contribution in [0.25, 0.3) is 5.65 Å². The Bertz CT molecular complexity index is 529. The van der Waals surface area contributed by atoms with E-state index in [4.69, 9.17) is 0 Å². The molecule has 6 nitrogen and oxygen atoms in total. The SMILES string of the molecule is CCCC(C)Nc1ccc2n[nH]c(=O)n2n1. The average molecular weight is 221 g/mol. The second-order valence-corrected chi connectivity index (χ2v) is 3.85. The van der Waals surface area contributed by atoms with Gasteiger partial charge in [-0.1, -0.05) is 13.3 Å². The second-order valence-electron chi connectivity index (χ2n) is 3.85. The van der Waals surface area contributed by atoms with Gasteiger partial charge in [0.05, 0.1) is 0 Å². The Hall–Kier alpha value is -1.85. The van der Waals surface area contributed by atoms with Crippen molar-refractivity contribution < 1.29 is 0 Å². The molecule has 0 spiro atoms. The fourth-order valence-corrected chi connectivity index (χ4v) is 1.64. The highest BCUT2D eigenvalue weighted by molar-refractivity contribution is 5.43. The molecule has 2 aromatic heterocycles. The van der Waals surface area contributed by atoms with Crippen molar-refractivity contribution in [3.8, 4) is 0 Å². The number of fused-ring (bicyclic) bond motifs is 1. The zero-order valence-corrected chi connectivity index (χ0v) is 9.40. The highest BCUT2D eigenvalue weighted by Gasteiger charge is 2.05. The van der Waals surface area contributed by atoms with Gasteiger partial charge >= 0.3 is 5.69 Å². The number of anilines is 1. The van der Waals surface area contributed by atoms with E-state index in [2.05, 4.69) is 34.5 Å². The Labute approximate surface area is 92.7 Å². The van der Waals surface area contributed by atoms with Crippen molar-refractivity contribution in [3.05, 3.63) is 22.6 Å². The van der Waals surface area contributed by atoms with Gasteiger partial charge in [-0.2, -0.15) is 9.61 Å². The van der Waals surface area contributed by atoms with E-state index in [0.29, 0.717) is 17.5 Å². The van der Waals surface area contributed by atoms with Crippen LogP contribution in [0.5, 0.6) is 0 Å². The Morgan fingerprint density at radius 1 is 1.56 bits per heavy atom. The van der Waals surface area contributed by atoms with Crippen molar-refractivity contribution in [2.75, 3.05) is 5.32 Å². The number of nitrogens with zero attached hydrogens (tertiary/aromatic N) is 3. The summed E-state index contributed by atoms with van der Waals surface area (Å²) in [5, 5.41) is 13.6. The van der Waals surface area contributed by atoms with Gasteiger partial charge < -0.3 is 5.32 Å². The van der Waals surface area contributed by atoms with E-state index in [0.717, 1.165) is 12.8 Å². The van der Waals surface area contributed by atoms with E-state index in [1.165, 1.54) is 4.52 Å². The van der Waals surface area contributed by atoms with Crippen LogP contribution >= 0.6 is 0 Å². The standard InChI is InChI=1S/C10H15N5O/c1-3-4-7(2)11-8-5-6-9-12-13-10(16)15(9)14-8/h5-7H,3-4H2,1-2H3,(H,11,14)(H,13,16). The number of aromatic nitrogens is 4. The highest BCUT2D eigenvalue weighted by atomic mass is 16.2. The molecule has 0 saturated heterocycles. The van der Waals surface area contributed by atoms with Crippen LogP contribution in [0, 0.1) is 0 Å². The predicted octanol–water partition coefficient (Wildman–Crippen LogP) is 1.02. The molecule has 2 N–H and O–H groups in total. The average Bonchev–Trinajstić information content (AvgIpc) is 2.61. The summed E-state index contributed by atoms with van der Waals surface area (Å²) in [6.07, 6.45) is 2.18. The molecule has 2 rings (SSSR count). The minimum atomic E-state index is -0.318. The molecule has 2 heterocycles. The molecule has 0 aliphatic rings. The Kier molecular flexibility index (Phi) is 2.89. The van der Waals surface area contributed by atoms with Crippen LogP contribution in [0.15, 0.2) is 16.9 Å². The fourth-order valence-electron chi connectivity index (χ4n) is 1.64. The van der Waals surface area contributed by atoms with Gasteiger partial charge in [0.1, 0.15) is 5.82 Å². The minimum absolute atomic E-state index is 0.318. The molecule has 1 unspecified atom stereocenters. The summed E-state index contributed by atoms with van der Waals surface area (Å²) in [5.41, 5.74) is 0.209. The summed E-state index contributed by atoms with van der Waals surface area (Å²) < 4.78 is 1.25. The number of hydrogen-bond acceptors (Lipinski definition) is 4. The molecule has 0 amide bonds. The van der Waals surface area contributed by atoms with Gasteiger partial charge in [0.15, 0.2) is 5.65 Å². The monoisotopic (exact) mass is 221 g/mol. The summed E-state index contributed by atoms with van der Waals surface area (Å²) >= 11 is 0. The van der Waals surface area contributed by atoms with Crippen LogP contribution < -0.4 is 11.0 Å². The van der Waals surface area contributed by atoms with E-state index in [9.17, 15) is 4.79 Å². The van der Waals surface area contributed by atoms with Gasteiger partial charge in [-0.15, -0.1) is 5.10 Å². The summed E-state index contributed by atoms with van der Waals surface area (Å²) in [7, 11) is 0. The van der Waals surface area contributed by atoms with Crippen molar-refractivity contribution in [3.63, 3.8) is 0 Å². The molecule has 16 heavy (non-hydrogen) atoms. The molecule has 0 fully saturated rings. The number of H-pyrrole nitrogens is 1. The third-order valence-corrected chi connectivity index (χ3v) is 2.39. The van der Waals surface area contributed by atoms with Gasteiger partial charge in [-0.25, -0.2) is 9.89 Å². The van der Waals surface area contributed by atoms with E-state index in [1.807, 2.05) is 6.07 Å². The lowest BCUT2D eigenvalue weighted by atomic mass is 10.2. The molecule has 6 heteroatoms. The lowest BCUT2D eigenvalue weighted by Gasteiger charge is -2.12. The van der Waals surface area contributed by atoms with Crippen molar-refractivity contribution in [2.24, 2.45) is 0 Å². The molecule has 1 atom stereocenters. The first kappa shape index (κ1) is 10.7. The maximum absolute atomic E-state index is 11.3. The molecule has 86 valence electrons. The molecule has 0 saturated carbocycles. The topological polar surface area (TPSA) is 75.1 Å². The van der Waals surface area contributed by atoms with Crippen molar-refractivity contribution in [1.82, 2.24) is 19.8 Å². The minimum Gasteiger partial charge on any atom is -0.366 e. The molecular formula is C10H15N5O. The number of nitrogens with one attached hydrogen (secondary N) is 2. The maximum atomic E-state index is 11.3. The lowest BCUT2D eigenvalue weighted by molar-refractivity contribution is 0.683. The predicted molar refractivity (Wildman–Crippen MR) is 61.6 cm³/mol. The number of rotatable bonds is 4. The molecule has 0 aliphatic heterocycles. The quantitative estimate of drug-likeness (QED) is 0.808. The summed E-state index contributed by atoms with van der Waals surface area (Å²) in [5.74, 6) is 0.692. The first-order valence-electron chi connectivity index (χ1n) is 5.41. The lowest BCUT2D eigenvalue weighted by Crippen LogP contribution is -2.18. The maximum Gasteiger partial charge on any atom is 0.364 e. The highest BCUT2D eigenvalue weighted by Crippen LogP contribution is 2.07. The van der Waals surface area contributed by atoms with Crippen molar-refractivity contribution >= 4 is 11.5 Å². The van der Waals surface area contributed by atoms with Gasteiger partial charge in [0.2, 0.25) is 0 Å². The molecule has 0 aromatic carbocycles. The van der Waals surface area contributed by atoms with Gasteiger partial charge in [0.25, 0.3) is 0 Å². The summed E-state index contributed by atoms with van der Waals surface area (Å²) in [6, 6.07) is 3.92. The molecule has 0 aliphatic carbocycles. The molecule has 0 radical (unpaired) electrons. The molecule has 0 bridgehead atoms. The van der Waals surface area contributed by atoms with Crippen LogP contribution in [0.4, 0.5) is 5.82 Å². The van der Waals surface area contributed by atoms with Crippen molar-refractivity contribution in [2.45, 2.75) is 32.7 Å². The van der Waals surface area contributed by atoms with E-state index >= 15 is 0 Å². The normalized spacial score (nSPS) is 12.9. The molecular weight excluding hydrogens is 206 g/mol. The van der Waals surface area contributed by atoms with E-state index < -0.39 is 0 Å². The first-order chi connectivity index (χ1) is 7.70. The Morgan fingerprint density at radius 2 is 2.38 bits per heavy atom. The third kappa shape index (κ3) is 2.05. The van der Waals surface area contributed by atoms with Crippen LogP contribution in [-0.2, 0) is 0 Å². The number of hydrogen-bond donors (Lipinski definition) is 2. The van der Waals surface area contributed by atoms with E-state index in [1.54, 1.807) is 6.07 Å². The van der Waals surface area contributed by atoms with Crippen LogP contribution in [0.1, 0.15) is 26.7 Å². The first-order valence-corrected chi connectivity index (χ1v) is 5.41. The second kappa shape index (κ2) is 4.34. The van der Waals surface area contributed by atoms with E-state index in [-0.39, 0.29) is 5.69 Å². The smallest absolute Gasteiger partial charge is 0.364 e.